The Morgan fingerprint density at radius 2 is 0.625 bits per heavy atom. The van der Waals surface area contributed by atoms with Gasteiger partial charge in [-0.1, -0.05) is 85.9 Å². The van der Waals surface area contributed by atoms with E-state index in [9.17, 15) is 0 Å². The SMILES string of the molecule is C[SiH]C.[Cl-].[Cl-].[Zr+4].c1ccc2c(c1)[cH-]c1ccccc12.c1ccc2c(c1)[cH-]c1ccccc12. The van der Waals surface area contributed by atoms with Crippen LogP contribution in [0.5, 0.6) is 0 Å². The van der Waals surface area contributed by atoms with Gasteiger partial charge in [0.15, 0.2) is 0 Å². The van der Waals surface area contributed by atoms with Crippen LogP contribution in [-0.2, 0) is 26.2 Å². The van der Waals surface area contributed by atoms with Gasteiger partial charge in [0.25, 0.3) is 0 Å². The van der Waals surface area contributed by atoms with Crippen LogP contribution in [0.15, 0.2) is 109 Å². The third-order valence-corrected chi connectivity index (χ3v) is 5.05. The first-order chi connectivity index (χ1) is 14.3. The van der Waals surface area contributed by atoms with E-state index in [0.29, 0.717) is 0 Å². The second kappa shape index (κ2) is 13.8. The van der Waals surface area contributed by atoms with Gasteiger partial charge in [0.05, 0.1) is 0 Å². The van der Waals surface area contributed by atoms with Crippen molar-refractivity contribution in [1.82, 2.24) is 0 Å². The molecule has 159 valence electrons. The van der Waals surface area contributed by atoms with E-state index < -0.39 is 0 Å². The summed E-state index contributed by atoms with van der Waals surface area (Å²) in [6.45, 7) is 4.42. The molecule has 0 aliphatic carbocycles. The molecule has 0 heterocycles. The summed E-state index contributed by atoms with van der Waals surface area (Å²) in [5, 5.41) is 10.8. The topological polar surface area (TPSA) is 0 Å². The maximum absolute atomic E-state index is 2.24. The van der Waals surface area contributed by atoms with Gasteiger partial charge >= 0.3 is 26.2 Å². The van der Waals surface area contributed by atoms with Crippen molar-refractivity contribution in [3.05, 3.63) is 109 Å². The maximum atomic E-state index is 2.24. The minimum absolute atomic E-state index is 0. The number of hydrogen-bond donors (Lipinski definition) is 0. The van der Waals surface area contributed by atoms with Crippen molar-refractivity contribution in [1.29, 1.82) is 0 Å². The largest absolute Gasteiger partial charge is 4.00 e. The zero-order chi connectivity index (χ0) is 20.1. The minimum Gasteiger partial charge on any atom is -1.00 e. The quantitative estimate of drug-likeness (QED) is 0.200. The number of rotatable bonds is 0. The van der Waals surface area contributed by atoms with Crippen molar-refractivity contribution in [2.45, 2.75) is 13.1 Å². The first kappa shape index (κ1) is 28.3. The molecule has 0 N–H and O–H groups in total. The monoisotopic (exact) mass is 549 g/mol. The number of fused-ring (bicyclic) bond motifs is 6. The predicted octanol–water partition coefficient (Wildman–Crippen LogP) is 1.95. The number of halogens is 2. The predicted molar refractivity (Wildman–Crippen MR) is 133 cm³/mol. The maximum Gasteiger partial charge on any atom is 4.00 e. The smallest absolute Gasteiger partial charge is 1.00 e. The Kier molecular flexibility index (Phi) is 12.2. The molecule has 0 aliphatic rings. The summed E-state index contributed by atoms with van der Waals surface area (Å²) < 4.78 is 0. The van der Waals surface area contributed by atoms with E-state index in [1.807, 2.05) is 0 Å². The molecule has 0 unspecified atom stereocenters. The molecule has 0 aliphatic heterocycles. The summed E-state index contributed by atoms with van der Waals surface area (Å²) in [4.78, 5) is 0. The Hall–Kier alpha value is -1.70. The molecule has 0 aromatic heterocycles. The van der Waals surface area contributed by atoms with Gasteiger partial charge in [-0.15, -0.1) is 79.5 Å². The average molecular weight is 552 g/mol. The Labute approximate surface area is 224 Å². The molecule has 0 fully saturated rings. The zero-order valence-corrected chi connectivity index (χ0v) is 23.4. The molecular weight excluding hydrogens is 527 g/mol. The van der Waals surface area contributed by atoms with Crippen LogP contribution in [0, 0.1) is 0 Å². The summed E-state index contributed by atoms with van der Waals surface area (Å²) in [5.41, 5.74) is 0. The molecule has 6 aromatic carbocycles. The fourth-order valence-corrected chi connectivity index (χ4v) is 3.81. The van der Waals surface area contributed by atoms with Gasteiger partial charge in [-0.05, 0) is 0 Å². The minimum atomic E-state index is 0. The fraction of sp³-hybridized carbons (Fsp3) is 0.0714. The van der Waals surface area contributed by atoms with E-state index in [1.54, 1.807) is 0 Å². The molecule has 32 heavy (non-hydrogen) atoms. The van der Waals surface area contributed by atoms with Crippen LogP contribution in [0.25, 0.3) is 43.1 Å². The second-order valence-electron chi connectivity index (χ2n) is 7.22. The van der Waals surface area contributed by atoms with Crippen LogP contribution in [0.1, 0.15) is 0 Å². The van der Waals surface area contributed by atoms with Crippen molar-refractivity contribution in [2.75, 3.05) is 0 Å². The van der Waals surface area contributed by atoms with Gasteiger partial charge in [-0.3, -0.25) is 0 Å². The molecule has 1 radical (unpaired) electrons. The van der Waals surface area contributed by atoms with Crippen molar-refractivity contribution < 1.29 is 51.0 Å². The van der Waals surface area contributed by atoms with E-state index in [4.69, 9.17) is 0 Å². The molecule has 0 saturated carbocycles. The molecule has 6 aromatic rings. The molecule has 0 atom stereocenters. The third kappa shape index (κ3) is 6.21. The van der Waals surface area contributed by atoms with Gasteiger partial charge < -0.3 is 24.8 Å². The summed E-state index contributed by atoms with van der Waals surface area (Å²) in [5.74, 6) is 0. The van der Waals surface area contributed by atoms with Crippen molar-refractivity contribution in [3.63, 3.8) is 0 Å². The average Bonchev–Trinajstić information content (AvgIpc) is 3.33. The van der Waals surface area contributed by atoms with E-state index >= 15 is 0 Å². The standard InChI is InChI=1S/2C13H9.C2H7Si.2ClH.Zr/c2*1-3-7-12-10(5-1)9-11-6-2-4-8-13(11)12;1-3-2;;;/h2*1-9H;3H,1-2H3;2*1H;/q2*-1;;;;+4/p-2. The van der Waals surface area contributed by atoms with Crippen LogP contribution in [0.2, 0.25) is 13.1 Å². The summed E-state index contributed by atoms with van der Waals surface area (Å²) in [7, 11) is 0.750. The molecule has 0 nitrogen and oxygen atoms in total. The Morgan fingerprint density at radius 3 is 0.844 bits per heavy atom. The molecule has 0 bridgehead atoms. The van der Waals surface area contributed by atoms with Crippen molar-refractivity contribution in [2.24, 2.45) is 0 Å². The molecule has 0 amide bonds. The van der Waals surface area contributed by atoms with Gasteiger partial charge in [0, 0.05) is 9.52 Å². The summed E-state index contributed by atoms with van der Waals surface area (Å²) >= 11 is 0. The Morgan fingerprint density at radius 1 is 0.438 bits per heavy atom. The third-order valence-electron chi connectivity index (χ3n) is 5.05. The van der Waals surface area contributed by atoms with Gasteiger partial charge in [-0.25, -0.2) is 0 Å². The van der Waals surface area contributed by atoms with Crippen LogP contribution in [-0.4, -0.2) is 9.52 Å². The molecule has 4 heteroatoms. The van der Waals surface area contributed by atoms with E-state index in [2.05, 4.69) is 122 Å². The first-order valence-corrected chi connectivity index (χ1v) is 12.4. The van der Waals surface area contributed by atoms with Crippen LogP contribution < -0.4 is 24.8 Å². The second-order valence-corrected chi connectivity index (χ2v) is 8.37. The zero-order valence-electron chi connectivity index (χ0n) is 18.2. The molecular formula is C28H25Cl2SiZr. The normalized spacial score (nSPS) is 9.56. The number of benzene rings is 4. The van der Waals surface area contributed by atoms with Crippen LogP contribution >= 0.6 is 0 Å². The molecule has 0 spiro atoms. The van der Waals surface area contributed by atoms with Crippen LogP contribution in [0.4, 0.5) is 0 Å². The Balaban J connectivity index is 0.000000264. The number of hydrogen-bond acceptors (Lipinski definition) is 0. The summed E-state index contributed by atoms with van der Waals surface area (Å²) in [6, 6.07) is 38.5. The van der Waals surface area contributed by atoms with Crippen LogP contribution in [0.3, 0.4) is 0 Å². The van der Waals surface area contributed by atoms with Gasteiger partial charge in [0.1, 0.15) is 0 Å². The fourth-order valence-electron chi connectivity index (χ4n) is 3.81. The van der Waals surface area contributed by atoms with Crippen molar-refractivity contribution in [3.8, 4) is 0 Å². The van der Waals surface area contributed by atoms with Crippen molar-refractivity contribution >= 4 is 52.6 Å². The van der Waals surface area contributed by atoms with E-state index in [-0.39, 0.29) is 51.0 Å². The molecule has 6 rings (SSSR count). The van der Waals surface area contributed by atoms with E-state index in [1.165, 1.54) is 43.1 Å². The molecule has 0 saturated heterocycles. The Bertz CT molecular complexity index is 1160. The summed E-state index contributed by atoms with van der Waals surface area (Å²) in [6.07, 6.45) is 0. The van der Waals surface area contributed by atoms with Gasteiger partial charge in [0.2, 0.25) is 0 Å². The van der Waals surface area contributed by atoms with E-state index in [0.717, 1.165) is 9.52 Å². The van der Waals surface area contributed by atoms with Gasteiger partial charge in [-0.2, -0.15) is 0 Å². The first-order valence-electron chi connectivity index (χ1n) is 10.1.